The summed E-state index contributed by atoms with van der Waals surface area (Å²) in [6.07, 6.45) is 4.07. The van der Waals surface area contributed by atoms with Crippen LogP contribution in [0.25, 0.3) is 6.08 Å². The second-order valence-corrected chi connectivity index (χ2v) is 4.74. The maximum absolute atomic E-state index is 11.8. The highest BCUT2D eigenvalue weighted by Gasteiger charge is 2.05. The number of amides is 1. The number of hydrogen-bond acceptors (Lipinski definition) is 3. The first-order valence-corrected chi connectivity index (χ1v) is 7.08. The molecule has 0 aliphatic heterocycles. The first-order chi connectivity index (χ1) is 10.1. The molecule has 0 radical (unpaired) electrons. The van der Waals surface area contributed by atoms with E-state index in [-0.39, 0.29) is 5.91 Å². The van der Waals surface area contributed by atoms with Gasteiger partial charge in [-0.15, -0.1) is 0 Å². The summed E-state index contributed by atoms with van der Waals surface area (Å²) in [5.41, 5.74) is 3.63. The molecule has 0 saturated heterocycles. The molecule has 0 unspecified atom stereocenters. The lowest BCUT2D eigenvalue weighted by molar-refractivity contribution is -0.119. The van der Waals surface area contributed by atoms with Crippen molar-refractivity contribution in [2.24, 2.45) is 0 Å². The fraction of sp³-hybridized carbons (Fsp3) is 0.333. The normalized spacial score (nSPS) is 10.4. The van der Waals surface area contributed by atoms with E-state index in [9.17, 15) is 4.79 Å². The summed E-state index contributed by atoms with van der Waals surface area (Å²) in [5.74, 6) is -0.234. The van der Waals surface area contributed by atoms with Crippen molar-refractivity contribution in [3.05, 3.63) is 42.0 Å². The van der Waals surface area contributed by atoms with Crippen LogP contribution in [0.5, 0.6) is 0 Å². The monoisotopic (exact) mass is 307 g/mol. The van der Waals surface area contributed by atoms with E-state index in [1.54, 1.807) is 20.2 Å². The molecule has 0 aliphatic rings. The van der Waals surface area contributed by atoms with Crippen LogP contribution in [0.15, 0.2) is 36.4 Å². The highest BCUT2D eigenvalue weighted by molar-refractivity contribution is 7.80. The van der Waals surface area contributed by atoms with Gasteiger partial charge in [0.15, 0.2) is 5.11 Å². The van der Waals surface area contributed by atoms with Gasteiger partial charge in [0.1, 0.15) is 0 Å². The Morgan fingerprint density at radius 1 is 1.38 bits per heavy atom. The maximum Gasteiger partial charge on any atom is 0.262 e. The van der Waals surface area contributed by atoms with Crippen molar-refractivity contribution in [1.29, 1.82) is 0 Å². The van der Waals surface area contributed by atoms with Gasteiger partial charge in [0.25, 0.3) is 5.91 Å². The van der Waals surface area contributed by atoms with Crippen molar-refractivity contribution in [2.45, 2.75) is 6.42 Å². The van der Waals surface area contributed by atoms with Gasteiger partial charge in [-0.1, -0.05) is 30.3 Å². The number of benzene rings is 1. The standard InChI is InChI=1S/C15H21N3O2S/c1-18(15(21)16-11-6-12-20-2)17-14(19)10-9-13-7-4-3-5-8-13/h3-5,7-10H,6,11-12H2,1-2H3,(H,16,21)(H,17,19)/b10-9+. The zero-order chi connectivity index (χ0) is 15.5. The zero-order valence-electron chi connectivity index (χ0n) is 12.3. The van der Waals surface area contributed by atoms with Gasteiger partial charge in [-0.2, -0.15) is 0 Å². The summed E-state index contributed by atoms with van der Waals surface area (Å²) in [5, 5.41) is 4.99. The Balaban J connectivity index is 2.33. The van der Waals surface area contributed by atoms with E-state index in [4.69, 9.17) is 17.0 Å². The van der Waals surface area contributed by atoms with Crippen LogP contribution in [0, 0.1) is 0 Å². The zero-order valence-corrected chi connectivity index (χ0v) is 13.2. The predicted molar refractivity (Wildman–Crippen MR) is 88.5 cm³/mol. The number of hydrazine groups is 1. The first-order valence-electron chi connectivity index (χ1n) is 6.67. The summed E-state index contributed by atoms with van der Waals surface area (Å²) in [7, 11) is 3.35. The van der Waals surface area contributed by atoms with Crippen LogP contribution in [-0.4, -0.2) is 43.3 Å². The van der Waals surface area contributed by atoms with Crippen LogP contribution in [0.2, 0.25) is 0 Å². The van der Waals surface area contributed by atoms with Crippen LogP contribution in [0.1, 0.15) is 12.0 Å². The van der Waals surface area contributed by atoms with Gasteiger partial charge < -0.3 is 10.1 Å². The molecule has 0 saturated carbocycles. The topological polar surface area (TPSA) is 53.6 Å². The highest BCUT2D eigenvalue weighted by atomic mass is 32.1. The van der Waals surface area contributed by atoms with Gasteiger partial charge >= 0.3 is 0 Å². The minimum Gasteiger partial charge on any atom is -0.385 e. The van der Waals surface area contributed by atoms with E-state index in [0.29, 0.717) is 18.3 Å². The molecule has 6 heteroatoms. The molecule has 1 amide bonds. The van der Waals surface area contributed by atoms with Crippen molar-refractivity contribution in [2.75, 3.05) is 27.3 Å². The van der Waals surface area contributed by atoms with Gasteiger partial charge in [-0.25, -0.2) is 0 Å². The summed E-state index contributed by atoms with van der Waals surface area (Å²) >= 11 is 5.16. The SMILES string of the molecule is COCCCNC(=S)N(C)NC(=O)/C=C/c1ccccc1. The third-order valence-corrected chi connectivity index (χ3v) is 3.03. The number of rotatable bonds is 6. The van der Waals surface area contributed by atoms with Crippen molar-refractivity contribution < 1.29 is 9.53 Å². The number of carbonyl (C=O) groups is 1. The lowest BCUT2D eigenvalue weighted by Crippen LogP contribution is -2.47. The van der Waals surface area contributed by atoms with Crippen LogP contribution in [0.3, 0.4) is 0 Å². The lowest BCUT2D eigenvalue weighted by Gasteiger charge is -2.20. The van der Waals surface area contributed by atoms with Crippen molar-refractivity contribution >= 4 is 29.3 Å². The van der Waals surface area contributed by atoms with Gasteiger partial charge in [-0.3, -0.25) is 15.2 Å². The van der Waals surface area contributed by atoms with Crippen LogP contribution >= 0.6 is 12.2 Å². The fourth-order valence-corrected chi connectivity index (χ4v) is 1.67. The average molecular weight is 307 g/mol. The Kier molecular flexibility index (Phi) is 8.08. The van der Waals surface area contributed by atoms with E-state index < -0.39 is 0 Å². The first kappa shape index (κ1) is 17.1. The minimum atomic E-state index is -0.234. The summed E-state index contributed by atoms with van der Waals surface area (Å²) in [4.78, 5) is 11.8. The molecule has 0 aromatic heterocycles. The Morgan fingerprint density at radius 3 is 2.76 bits per heavy atom. The van der Waals surface area contributed by atoms with Crippen LogP contribution in [0.4, 0.5) is 0 Å². The largest absolute Gasteiger partial charge is 0.385 e. The quantitative estimate of drug-likeness (QED) is 0.362. The Labute approximate surface area is 130 Å². The third kappa shape index (κ3) is 7.43. The molecule has 0 heterocycles. The van der Waals surface area contributed by atoms with Gasteiger partial charge in [0.05, 0.1) is 0 Å². The number of thiocarbonyl (C=S) groups is 1. The second kappa shape index (κ2) is 9.90. The highest BCUT2D eigenvalue weighted by Crippen LogP contribution is 2.00. The summed E-state index contributed by atoms with van der Waals surface area (Å²) in [6, 6.07) is 9.62. The molecule has 1 rings (SSSR count). The Morgan fingerprint density at radius 2 is 2.10 bits per heavy atom. The Bertz CT molecular complexity index is 477. The van der Waals surface area contributed by atoms with Gasteiger partial charge in [-0.05, 0) is 30.3 Å². The average Bonchev–Trinajstić information content (AvgIpc) is 2.50. The molecule has 5 nitrogen and oxygen atoms in total. The van der Waals surface area contributed by atoms with Crippen molar-refractivity contribution in [1.82, 2.24) is 15.8 Å². The molecule has 0 fully saturated rings. The number of nitrogens with zero attached hydrogens (tertiary/aromatic N) is 1. The molecule has 1 aromatic carbocycles. The Hall–Kier alpha value is -1.92. The molecule has 2 N–H and O–H groups in total. The van der Waals surface area contributed by atoms with E-state index in [1.165, 1.54) is 11.1 Å². The molecule has 1 aromatic rings. The van der Waals surface area contributed by atoms with Gasteiger partial charge in [0, 0.05) is 33.4 Å². The molecule has 114 valence electrons. The third-order valence-electron chi connectivity index (χ3n) is 2.61. The van der Waals surface area contributed by atoms with E-state index in [1.807, 2.05) is 30.3 Å². The van der Waals surface area contributed by atoms with E-state index in [2.05, 4.69) is 10.7 Å². The van der Waals surface area contributed by atoms with Crippen molar-refractivity contribution in [3.63, 3.8) is 0 Å². The molecule has 0 aliphatic carbocycles. The van der Waals surface area contributed by atoms with E-state index in [0.717, 1.165) is 12.0 Å². The number of ether oxygens (including phenoxy) is 1. The molecule has 0 bridgehead atoms. The minimum absolute atomic E-state index is 0.234. The molecule has 21 heavy (non-hydrogen) atoms. The second-order valence-electron chi connectivity index (χ2n) is 4.36. The maximum atomic E-state index is 11.8. The molecule has 0 spiro atoms. The fourth-order valence-electron chi connectivity index (χ4n) is 1.52. The summed E-state index contributed by atoms with van der Waals surface area (Å²) in [6.45, 7) is 1.37. The van der Waals surface area contributed by atoms with E-state index >= 15 is 0 Å². The van der Waals surface area contributed by atoms with Gasteiger partial charge in [0.2, 0.25) is 0 Å². The molecular formula is C15H21N3O2S. The number of carbonyl (C=O) groups excluding carboxylic acids is 1. The van der Waals surface area contributed by atoms with Crippen molar-refractivity contribution in [3.8, 4) is 0 Å². The summed E-state index contributed by atoms with van der Waals surface area (Å²) < 4.78 is 4.95. The molecular weight excluding hydrogens is 286 g/mol. The smallest absolute Gasteiger partial charge is 0.262 e. The lowest BCUT2D eigenvalue weighted by atomic mass is 10.2. The molecule has 0 atom stereocenters. The number of nitrogens with one attached hydrogen (secondary N) is 2. The van der Waals surface area contributed by atoms with Crippen LogP contribution in [-0.2, 0) is 9.53 Å². The number of hydrogen-bond donors (Lipinski definition) is 2. The van der Waals surface area contributed by atoms with Crippen LogP contribution < -0.4 is 10.7 Å². The predicted octanol–water partition coefficient (Wildman–Crippen LogP) is 1.57. The number of methoxy groups -OCH3 is 1.